The zero-order valence-corrected chi connectivity index (χ0v) is 16.1. The van der Waals surface area contributed by atoms with Crippen molar-refractivity contribution in [2.75, 3.05) is 20.1 Å². The number of nitrogens with one attached hydrogen (secondary N) is 1. The van der Waals surface area contributed by atoms with Crippen LogP contribution in [0.3, 0.4) is 0 Å². The van der Waals surface area contributed by atoms with Crippen LogP contribution < -0.4 is 5.32 Å². The van der Waals surface area contributed by atoms with E-state index in [4.69, 9.17) is 4.74 Å². The van der Waals surface area contributed by atoms with Crippen molar-refractivity contribution in [3.8, 4) is 0 Å². The fourth-order valence-corrected chi connectivity index (χ4v) is 3.51. The molecule has 1 amide bonds. The van der Waals surface area contributed by atoms with Crippen molar-refractivity contribution in [2.45, 2.75) is 32.9 Å². The number of carbonyl (C=O) groups is 1. The minimum atomic E-state index is -0.450. The van der Waals surface area contributed by atoms with Crippen molar-refractivity contribution in [1.82, 2.24) is 10.2 Å². The Morgan fingerprint density at radius 2 is 2.10 bits per heavy atom. The second kappa shape index (κ2) is 7.77. The number of hydrogen-bond donors (Lipinski definition) is 1. The number of thiophene rings is 1. The van der Waals surface area contributed by atoms with Gasteiger partial charge < -0.3 is 15.0 Å². The maximum Gasteiger partial charge on any atom is 0.410 e. The highest BCUT2D eigenvalue weighted by molar-refractivity contribution is 9.13. The topological polar surface area (TPSA) is 41.6 Å². The lowest BCUT2D eigenvalue weighted by atomic mass is 10.2. The number of hydrogen-bond acceptors (Lipinski definition) is 4. The highest BCUT2D eigenvalue weighted by atomic mass is 79.9. The van der Waals surface area contributed by atoms with Gasteiger partial charge in [-0.25, -0.2) is 4.79 Å². The minimum absolute atomic E-state index is 0.291. The quantitative estimate of drug-likeness (QED) is 0.714. The molecular weight excluding hydrogens is 408 g/mol. The highest BCUT2D eigenvalue weighted by Gasteiger charge is 2.19. The Bertz CT molecular complexity index is 438. The summed E-state index contributed by atoms with van der Waals surface area (Å²) in [6, 6.07) is 2.08. The Kier molecular flexibility index (Phi) is 6.97. The Hall–Kier alpha value is -0.110. The molecule has 0 atom stereocenters. The fourth-order valence-electron chi connectivity index (χ4n) is 1.37. The predicted molar refractivity (Wildman–Crippen MR) is 90.3 cm³/mol. The maximum atomic E-state index is 11.7. The second-order valence-electron chi connectivity index (χ2n) is 5.41. The van der Waals surface area contributed by atoms with E-state index in [0.29, 0.717) is 6.54 Å². The first-order chi connectivity index (χ1) is 9.19. The third kappa shape index (κ3) is 6.56. The second-order valence-corrected chi connectivity index (χ2v) is 8.72. The molecule has 0 spiro atoms. The number of rotatable bonds is 5. The van der Waals surface area contributed by atoms with Crippen LogP contribution in [0.1, 0.15) is 25.6 Å². The van der Waals surface area contributed by atoms with Gasteiger partial charge in [0.1, 0.15) is 5.60 Å². The van der Waals surface area contributed by atoms with E-state index in [2.05, 4.69) is 43.2 Å². The molecule has 1 rings (SSSR count). The summed E-state index contributed by atoms with van der Waals surface area (Å²) in [7, 11) is 1.74. The molecule has 1 N–H and O–H groups in total. The van der Waals surface area contributed by atoms with Crippen molar-refractivity contribution in [3.63, 3.8) is 0 Å². The number of nitrogens with zero attached hydrogens (tertiary/aromatic N) is 1. The molecular formula is C13H20Br2N2O2S. The molecule has 0 fully saturated rings. The van der Waals surface area contributed by atoms with Gasteiger partial charge in [-0.05, 0) is 58.7 Å². The Morgan fingerprint density at radius 3 is 2.60 bits per heavy atom. The van der Waals surface area contributed by atoms with Crippen LogP contribution in [0.15, 0.2) is 14.3 Å². The van der Waals surface area contributed by atoms with Gasteiger partial charge in [-0.15, -0.1) is 11.3 Å². The van der Waals surface area contributed by atoms with E-state index in [9.17, 15) is 4.79 Å². The fraction of sp³-hybridized carbons (Fsp3) is 0.615. The predicted octanol–water partition coefficient (Wildman–Crippen LogP) is 4.23. The van der Waals surface area contributed by atoms with Crippen LogP contribution in [-0.4, -0.2) is 36.7 Å². The van der Waals surface area contributed by atoms with E-state index in [-0.39, 0.29) is 6.09 Å². The van der Waals surface area contributed by atoms with Gasteiger partial charge in [0.15, 0.2) is 0 Å². The first-order valence-electron chi connectivity index (χ1n) is 6.27. The molecule has 4 nitrogen and oxygen atoms in total. The molecule has 1 aromatic heterocycles. The number of carbonyl (C=O) groups excluding carboxylic acids is 1. The molecule has 1 aromatic rings. The van der Waals surface area contributed by atoms with Gasteiger partial charge >= 0.3 is 6.09 Å². The standard InChI is InChI=1S/C13H20Br2N2O2S/c1-13(2,3)19-12(18)17(4)6-5-16-8-9-7-10(14)11(15)20-9/h7,16H,5-6,8H2,1-4H3. The average molecular weight is 428 g/mol. The number of ether oxygens (including phenoxy) is 1. The SMILES string of the molecule is CN(CCNCc1cc(Br)c(Br)s1)C(=O)OC(C)(C)C. The van der Waals surface area contributed by atoms with Gasteiger partial charge in [-0.1, -0.05) is 0 Å². The molecule has 0 aliphatic carbocycles. The summed E-state index contributed by atoms with van der Waals surface area (Å²) in [5, 5.41) is 3.31. The van der Waals surface area contributed by atoms with Gasteiger partial charge in [0.25, 0.3) is 0 Å². The van der Waals surface area contributed by atoms with Crippen LogP contribution in [0.25, 0.3) is 0 Å². The van der Waals surface area contributed by atoms with Gasteiger partial charge in [0, 0.05) is 36.0 Å². The molecule has 114 valence electrons. The van der Waals surface area contributed by atoms with Crippen LogP contribution in [-0.2, 0) is 11.3 Å². The lowest BCUT2D eigenvalue weighted by Crippen LogP contribution is -2.37. The Balaban J connectivity index is 2.25. The van der Waals surface area contributed by atoms with Crippen molar-refractivity contribution < 1.29 is 9.53 Å². The van der Waals surface area contributed by atoms with Crippen molar-refractivity contribution in [1.29, 1.82) is 0 Å². The van der Waals surface area contributed by atoms with E-state index in [0.717, 1.165) is 21.3 Å². The Morgan fingerprint density at radius 1 is 1.45 bits per heavy atom. The molecule has 20 heavy (non-hydrogen) atoms. The normalized spacial score (nSPS) is 11.5. The number of amides is 1. The summed E-state index contributed by atoms with van der Waals surface area (Å²) in [6.45, 7) is 7.72. The van der Waals surface area contributed by atoms with Crippen LogP contribution in [0, 0.1) is 0 Å². The molecule has 0 aliphatic heterocycles. The lowest BCUT2D eigenvalue weighted by molar-refractivity contribution is 0.0300. The molecule has 0 aromatic carbocycles. The van der Waals surface area contributed by atoms with Crippen LogP contribution in [0.5, 0.6) is 0 Å². The summed E-state index contributed by atoms with van der Waals surface area (Å²) < 4.78 is 7.45. The summed E-state index contributed by atoms with van der Waals surface area (Å²) in [6.07, 6.45) is -0.291. The van der Waals surface area contributed by atoms with Crippen molar-refractivity contribution >= 4 is 49.3 Å². The monoisotopic (exact) mass is 426 g/mol. The first-order valence-corrected chi connectivity index (χ1v) is 8.68. The number of likely N-dealkylation sites (N-methyl/N-ethyl adjacent to an activating group) is 1. The van der Waals surface area contributed by atoms with Gasteiger partial charge in [0.2, 0.25) is 0 Å². The average Bonchev–Trinajstić information content (AvgIpc) is 2.62. The molecule has 0 saturated carbocycles. The summed E-state index contributed by atoms with van der Waals surface area (Å²) in [5.41, 5.74) is -0.450. The highest BCUT2D eigenvalue weighted by Crippen LogP contribution is 2.32. The largest absolute Gasteiger partial charge is 0.444 e. The zero-order chi connectivity index (χ0) is 15.3. The van der Waals surface area contributed by atoms with Crippen LogP contribution in [0.4, 0.5) is 4.79 Å². The minimum Gasteiger partial charge on any atom is -0.444 e. The van der Waals surface area contributed by atoms with Gasteiger partial charge in [0.05, 0.1) is 3.79 Å². The summed E-state index contributed by atoms with van der Waals surface area (Å²) >= 11 is 8.62. The molecule has 0 bridgehead atoms. The molecule has 0 unspecified atom stereocenters. The smallest absolute Gasteiger partial charge is 0.410 e. The van der Waals surface area contributed by atoms with Crippen molar-refractivity contribution in [3.05, 3.63) is 19.2 Å². The molecule has 0 radical (unpaired) electrons. The van der Waals surface area contributed by atoms with E-state index in [1.165, 1.54) is 4.88 Å². The van der Waals surface area contributed by atoms with Gasteiger partial charge in [-0.3, -0.25) is 0 Å². The van der Waals surface area contributed by atoms with Crippen molar-refractivity contribution in [2.24, 2.45) is 0 Å². The molecule has 0 saturated heterocycles. The summed E-state index contributed by atoms with van der Waals surface area (Å²) in [4.78, 5) is 14.6. The number of halogens is 2. The summed E-state index contributed by atoms with van der Waals surface area (Å²) in [5.74, 6) is 0. The maximum absolute atomic E-state index is 11.7. The van der Waals surface area contributed by atoms with Gasteiger partial charge in [-0.2, -0.15) is 0 Å². The van der Waals surface area contributed by atoms with E-state index in [1.54, 1.807) is 23.3 Å². The van der Waals surface area contributed by atoms with E-state index in [1.807, 2.05) is 20.8 Å². The lowest BCUT2D eigenvalue weighted by Gasteiger charge is -2.24. The van der Waals surface area contributed by atoms with E-state index < -0.39 is 5.60 Å². The van der Waals surface area contributed by atoms with Crippen LogP contribution >= 0.6 is 43.2 Å². The first kappa shape index (κ1) is 17.9. The van der Waals surface area contributed by atoms with Crippen LogP contribution in [0.2, 0.25) is 0 Å². The van der Waals surface area contributed by atoms with E-state index >= 15 is 0 Å². The Labute approximate surface area is 141 Å². The molecule has 0 aliphatic rings. The third-order valence-electron chi connectivity index (χ3n) is 2.32. The zero-order valence-electron chi connectivity index (χ0n) is 12.1. The molecule has 7 heteroatoms. The third-order valence-corrected chi connectivity index (χ3v) is 5.58. The molecule has 1 heterocycles.